The fraction of sp³-hybridized carbons (Fsp3) is 0.435. The number of aryl methyl sites for hydroxylation is 1. The zero-order valence-electron chi connectivity index (χ0n) is 17.6. The molecule has 2 aromatic carbocycles. The van der Waals surface area contributed by atoms with Crippen molar-refractivity contribution in [2.75, 3.05) is 20.3 Å². The Labute approximate surface area is 179 Å². The molecule has 0 saturated heterocycles. The first kappa shape index (κ1) is 25.0. The fourth-order valence-corrected chi connectivity index (χ4v) is 2.78. The molecule has 0 radical (unpaired) electrons. The highest BCUT2D eigenvalue weighted by atomic mass is 35.5. The molecule has 0 amide bonds. The number of aliphatic hydroxyl groups is 1. The van der Waals surface area contributed by atoms with Crippen LogP contribution in [-0.2, 0) is 6.42 Å². The third kappa shape index (κ3) is 8.44. The van der Waals surface area contributed by atoms with Gasteiger partial charge >= 0.3 is 0 Å². The van der Waals surface area contributed by atoms with E-state index in [-0.39, 0.29) is 30.3 Å². The Morgan fingerprint density at radius 2 is 1.69 bits per heavy atom. The summed E-state index contributed by atoms with van der Waals surface area (Å²) in [6.45, 7) is 6.80. The van der Waals surface area contributed by atoms with E-state index in [9.17, 15) is 9.90 Å². The number of halogens is 1. The van der Waals surface area contributed by atoms with Crippen molar-refractivity contribution in [2.45, 2.75) is 45.3 Å². The summed E-state index contributed by atoms with van der Waals surface area (Å²) >= 11 is 0. The van der Waals surface area contributed by atoms with Gasteiger partial charge in [-0.25, -0.2) is 0 Å². The van der Waals surface area contributed by atoms with Crippen molar-refractivity contribution in [3.8, 4) is 11.5 Å². The van der Waals surface area contributed by atoms with Crippen LogP contribution < -0.4 is 14.8 Å². The van der Waals surface area contributed by atoms with Crippen molar-refractivity contribution in [2.24, 2.45) is 0 Å². The molecule has 0 saturated carbocycles. The molecule has 2 rings (SSSR count). The topological polar surface area (TPSA) is 67.8 Å². The lowest BCUT2D eigenvalue weighted by molar-refractivity contribution is 0.0970. The maximum absolute atomic E-state index is 12.6. The van der Waals surface area contributed by atoms with Gasteiger partial charge in [0.05, 0.1) is 12.7 Å². The summed E-state index contributed by atoms with van der Waals surface area (Å²) < 4.78 is 11.1. The van der Waals surface area contributed by atoms with Gasteiger partial charge in [-0.05, 0) is 51.0 Å². The van der Waals surface area contributed by atoms with Gasteiger partial charge in [0.1, 0.15) is 24.2 Å². The van der Waals surface area contributed by atoms with Crippen LogP contribution in [0.1, 0.15) is 43.1 Å². The number of carbonyl (C=O) groups is 1. The number of hydrogen-bond acceptors (Lipinski definition) is 5. The van der Waals surface area contributed by atoms with E-state index in [4.69, 9.17) is 9.47 Å². The van der Waals surface area contributed by atoms with Crippen LogP contribution in [-0.4, -0.2) is 42.8 Å². The van der Waals surface area contributed by atoms with Gasteiger partial charge in [0.2, 0.25) is 0 Å². The Bertz CT molecular complexity index is 773. The second-order valence-electron chi connectivity index (χ2n) is 7.83. The van der Waals surface area contributed by atoms with Gasteiger partial charge in [0.15, 0.2) is 5.78 Å². The molecular formula is C23H32ClNO4. The van der Waals surface area contributed by atoms with Gasteiger partial charge < -0.3 is 19.9 Å². The summed E-state index contributed by atoms with van der Waals surface area (Å²) in [5, 5.41) is 13.4. The van der Waals surface area contributed by atoms with E-state index in [1.54, 1.807) is 19.2 Å². The van der Waals surface area contributed by atoms with E-state index in [0.717, 1.165) is 5.56 Å². The number of aliphatic hydroxyl groups excluding tert-OH is 1. The number of β-amino-alcohol motifs (C(OH)–C–C–N with tert-alkyl or cyclic N) is 1. The predicted octanol–water partition coefficient (Wildman–Crippen LogP) is 4.06. The molecule has 2 N–H and O–H groups in total. The second-order valence-corrected chi connectivity index (χ2v) is 7.83. The smallest absolute Gasteiger partial charge is 0.166 e. The molecular weight excluding hydrogens is 390 g/mol. The van der Waals surface area contributed by atoms with Crippen molar-refractivity contribution in [1.82, 2.24) is 5.32 Å². The molecule has 2 aromatic rings. The summed E-state index contributed by atoms with van der Waals surface area (Å²) in [5.74, 6) is 1.32. The first-order chi connectivity index (χ1) is 13.3. The molecule has 0 fully saturated rings. The lowest BCUT2D eigenvalue weighted by Gasteiger charge is -2.23. The number of Topliss-reactive ketones (excluding diaryl/α,β-unsaturated/α-hetero) is 1. The molecule has 160 valence electrons. The number of methoxy groups -OCH3 is 1. The van der Waals surface area contributed by atoms with Crippen LogP contribution in [0.2, 0.25) is 0 Å². The van der Waals surface area contributed by atoms with Gasteiger partial charge in [0, 0.05) is 18.5 Å². The van der Waals surface area contributed by atoms with E-state index in [2.05, 4.69) is 26.1 Å². The number of nitrogens with one attached hydrogen (secondary N) is 1. The van der Waals surface area contributed by atoms with Crippen molar-refractivity contribution in [3.05, 3.63) is 59.7 Å². The van der Waals surface area contributed by atoms with Gasteiger partial charge in [-0.15, -0.1) is 12.4 Å². The molecule has 0 spiro atoms. The average molecular weight is 422 g/mol. The summed E-state index contributed by atoms with van der Waals surface area (Å²) in [7, 11) is 1.56. The molecule has 0 aromatic heterocycles. The highest BCUT2D eigenvalue weighted by Gasteiger charge is 2.15. The zero-order valence-corrected chi connectivity index (χ0v) is 18.4. The summed E-state index contributed by atoms with van der Waals surface area (Å²) in [4.78, 5) is 12.6. The molecule has 0 heterocycles. The number of benzene rings is 2. The molecule has 5 nitrogen and oxygen atoms in total. The van der Waals surface area contributed by atoms with E-state index in [0.29, 0.717) is 36.4 Å². The van der Waals surface area contributed by atoms with Gasteiger partial charge in [-0.2, -0.15) is 0 Å². The maximum Gasteiger partial charge on any atom is 0.166 e. The van der Waals surface area contributed by atoms with E-state index in [1.807, 2.05) is 36.4 Å². The van der Waals surface area contributed by atoms with Crippen LogP contribution >= 0.6 is 12.4 Å². The number of para-hydroxylation sites is 2. The van der Waals surface area contributed by atoms with Gasteiger partial charge in [-0.3, -0.25) is 4.79 Å². The van der Waals surface area contributed by atoms with Crippen LogP contribution in [0.4, 0.5) is 0 Å². The van der Waals surface area contributed by atoms with Crippen LogP contribution in [0.25, 0.3) is 0 Å². The minimum absolute atomic E-state index is 0. The van der Waals surface area contributed by atoms with Crippen molar-refractivity contribution in [3.63, 3.8) is 0 Å². The summed E-state index contributed by atoms with van der Waals surface area (Å²) in [5.41, 5.74) is 1.48. The Morgan fingerprint density at radius 1 is 1.07 bits per heavy atom. The van der Waals surface area contributed by atoms with E-state index in [1.165, 1.54) is 0 Å². The number of rotatable bonds is 10. The molecule has 0 aliphatic rings. The Balaban J connectivity index is 0.00000420. The van der Waals surface area contributed by atoms with Crippen molar-refractivity contribution >= 4 is 18.2 Å². The molecule has 6 heteroatoms. The zero-order chi connectivity index (χ0) is 20.6. The Hall–Kier alpha value is -2.08. The van der Waals surface area contributed by atoms with Crippen molar-refractivity contribution < 1.29 is 19.4 Å². The minimum Gasteiger partial charge on any atom is -0.496 e. The molecule has 0 bridgehead atoms. The minimum atomic E-state index is -0.609. The SMILES string of the molecule is COc1ccccc1C(=O)CCc1ccccc1OCC(O)CNC(C)(C)C.Cl. The summed E-state index contributed by atoms with van der Waals surface area (Å²) in [6.07, 6.45) is 0.306. The predicted molar refractivity (Wildman–Crippen MR) is 119 cm³/mol. The fourth-order valence-electron chi connectivity index (χ4n) is 2.78. The number of ketones is 1. The van der Waals surface area contributed by atoms with Gasteiger partial charge in [0.25, 0.3) is 0 Å². The Kier molecular flexibility index (Phi) is 10.2. The second kappa shape index (κ2) is 11.8. The van der Waals surface area contributed by atoms with Crippen molar-refractivity contribution in [1.29, 1.82) is 0 Å². The van der Waals surface area contributed by atoms with Crippen LogP contribution in [0.15, 0.2) is 48.5 Å². The largest absolute Gasteiger partial charge is 0.496 e. The molecule has 29 heavy (non-hydrogen) atoms. The maximum atomic E-state index is 12.6. The lowest BCUT2D eigenvalue weighted by Crippen LogP contribution is -2.42. The molecule has 1 atom stereocenters. The van der Waals surface area contributed by atoms with Crippen LogP contribution in [0.5, 0.6) is 11.5 Å². The first-order valence-electron chi connectivity index (χ1n) is 9.60. The monoisotopic (exact) mass is 421 g/mol. The third-order valence-electron chi connectivity index (χ3n) is 4.30. The normalized spacial score (nSPS) is 12.0. The molecule has 1 unspecified atom stereocenters. The number of ether oxygens (including phenoxy) is 2. The van der Waals surface area contributed by atoms with Crippen LogP contribution in [0.3, 0.4) is 0 Å². The molecule has 0 aliphatic heterocycles. The van der Waals surface area contributed by atoms with E-state index >= 15 is 0 Å². The third-order valence-corrected chi connectivity index (χ3v) is 4.30. The quantitative estimate of drug-likeness (QED) is 0.566. The first-order valence-corrected chi connectivity index (χ1v) is 9.60. The van der Waals surface area contributed by atoms with Gasteiger partial charge in [-0.1, -0.05) is 30.3 Å². The number of carbonyl (C=O) groups excluding carboxylic acids is 1. The van der Waals surface area contributed by atoms with E-state index < -0.39 is 6.10 Å². The lowest BCUT2D eigenvalue weighted by atomic mass is 10.0. The Morgan fingerprint density at radius 3 is 2.34 bits per heavy atom. The number of hydrogen-bond donors (Lipinski definition) is 2. The summed E-state index contributed by atoms with van der Waals surface area (Å²) in [6, 6.07) is 14.9. The highest BCUT2D eigenvalue weighted by Crippen LogP contribution is 2.23. The van der Waals surface area contributed by atoms with Crippen LogP contribution in [0, 0.1) is 0 Å². The molecule has 0 aliphatic carbocycles. The average Bonchev–Trinajstić information content (AvgIpc) is 2.68. The highest BCUT2D eigenvalue weighted by molar-refractivity contribution is 5.98. The standard InChI is InChI=1S/C23H31NO4.ClH/c1-23(2,3)24-15-18(25)16-28-21-11-7-5-9-17(21)13-14-20(26)19-10-6-8-12-22(19)27-4;/h5-12,18,24-25H,13-16H2,1-4H3;1H.